The van der Waals surface area contributed by atoms with Gasteiger partial charge < -0.3 is 4.98 Å². The number of para-hydroxylation sites is 1. The fourth-order valence-electron chi connectivity index (χ4n) is 3.02. The second-order valence-corrected chi connectivity index (χ2v) is 7.77. The van der Waals surface area contributed by atoms with E-state index in [4.69, 9.17) is 0 Å². The summed E-state index contributed by atoms with van der Waals surface area (Å²) in [5.41, 5.74) is 0.530. The van der Waals surface area contributed by atoms with Crippen molar-refractivity contribution in [2.75, 3.05) is 19.3 Å². The molecule has 0 aliphatic carbocycles. The third kappa shape index (κ3) is 4.15. The number of sulfonamides is 1. The van der Waals surface area contributed by atoms with Crippen molar-refractivity contribution in [3.05, 3.63) is 40.4 Å². The Bertz CT molecular complexity index is 862. The zero-order valence-electron chi connectivity index (χ0n) is 12.9. The molecule has 1 saturated heterocycles. The Kier molecular flexibility index (Phi) is 4.47. The average molecular weight is 336 g/mol. The summed E-state index contributed by atoms with van der Waals surface area (Å²) in [4.78, 5) is 21.5. The quantitative estimate of drug-likeness (QED) is 0.844. The van der Waals surface area contributed by atoms with Crippen LogP contribution in [0.3, 0.4) is 0 Å². The molecule has 0 saturated carbocycles. The second-order valence-electron chi connectivity index (χ2n) is 5.99. The van der Waals surface area contributed by atoms with Crippen LogP contribution < -0.4 is 10.3 Å². The molecule has 1 aromatic carbocycles. The molecule has 1 atom stereocenters. The lowest BCUT2D eigenvalue weighted by Crippen LogP contribution is -2.47. The van der Waals surface area contributed by atoms with Crippen molar-refractivity contribution < 1.29 is 8.42 Å². The number of H-pyrrole nitrogens is 1. The monoisotopic (exact) mass is 336 g/mol. The smallest absolute Gasteiger partial charge is 0.258 e. The van der Waals surface area contributed by atoms with Crippen molar-refractivity contribution in [2.45, 2.75) is 25.4 Å². The average Bonchev–Trinajstić information content (AvgIpc) is 2.46. The number of benzene rings is 1. The summed E-state index contributed by atoms with van der Waals surface area (Å²) in [7, 11) is -3.21. The van der Waals surface area contributed by atoms with E-state index in [0.717, 1.165) is 19.4 Å². The Morgan fingerprint density at radius 2 is 2.17 bits per heavy atom. The Hall–Kier alpha value is -1.77. The van der Waals surface area contributed by atoms with Gasteiger partial charge in [0.1, 0.15) is 5.82 Å². The van der Waals surface area contributed by atoms with Gasteiger partial charge in [0.15, 0.2) is 0 Å². The van der Waals surface area contributed by atoms with Gasteiger partial charge >= 0.3 is 0 Å². The normalized spacial score (nSPS) is 20.0. The highest BCUT2D eigenvalue weighted by Gasteiger charge is 2.23. The van der Waals surface area contributed by atoms with Crippen LogP contribution in [0.15, 0.2) is 29.1 Å². The number of aromatic amines is 1. The highest BCUT2D eigenvalue weighted by molar-refractivity contribution is 7.88. The van der Waals surface area contributed by atoms with Gasteiger partial charge in [0.2, 0.25) is 10.0 Å². The van der Waals surface area contributed by atoms with Crippen LogP contribution in [0.25, 0.3) is 10.9 Å². The van der Waals surface area contributed by atoms with Crippen LogP contribution in [0, 0.1) is 0 Å². The molecule has 0 unspecified atom stereocenters. The fourth-order valence-corrected chi connectivity index (χ4v) is 3.82. The molecule has 1 fully saturated rings. The molecule has 1 aromatic heterocycles. The van der Waals surface area contributed by atoms with Gasteiger partial charge in [-0.15, -0.1) is 0 Å². The third-order valence-corrected chi connectivity index (χ3v) is 4.68. The molecule has 7 nitrogen and oxygen atoms in total. The van der Waals surface area contributed by atoms with Crippen LogP contribution in [0.2, 0.25) is 0 Å². The maximum absolute atomic E-state index is 12.1. The van der Waals surface area contributed by atoms with E-state index in [1.54, 1.807) is 6.07 Å². The molecular formula is C15H20N4O3S. The van der Waals surface area contributed by atoms with Gasteiger partial charge in [-0.2, -0.15) is 0 Å². The van der Waals surface area contributed by atoms with Gasteiger partial charge in [-0.25, -0.2) is 18.1 Å². The Morgan fingerprint density at radius 3 is 2.96 bits per heavy atom. The zero-order valence-corrected chi connectivity index (χ0v) is 13.8. The van der Waals surface area contributed by atoms with Gasteiger partial charge in [-0.3, -0.25) is 9.69 Å². The molecular weight excluding hydrogens is 316 g/mol. The summed E-state index contributed by atoms with van der Waals surface area (Å²) in [5, 5.41) is 0.575. The van der Waals surface area contributed by atoms with E-state index in [9.17, 15) is 13.2 Å². The summed E-state index contributed by atoms with van der Waals surface area (Å²) < 4.78 is 25.4. The first-order valence-electron chi connectivity index (χ1n) is 7.58. The van der Waals surface area contributed by atoms with Gasteiger partial charge in [0.25, 0.3) is 5.56 Å². The number of hydrogen-bond acceptors (Lipinski definition) is 5. The molecule has 0 amide bonds. The minimum Gasteiger partial charge on any atom is -0.309 e. The highest BCUT2D eigenvalue weighted by Crippen LogP contribution is 2.13. The lowest BCUT2D eigenvalue weighted by Gasteiger charge is -2.32. The Labute approximate surface area is 134 Å². The molecule has 23 heavy (non-hydrogen) atoms. The Balaban J connectivity index is 1.75. The lowest BCUT2D eigenvalue weighted by molar-refractivity contribution is 0.190. The first-order valence-corrected chi connectivity index (χ1v) is 9.47. The van der Waals surface area contributed by atoms with E-state index in [-0.39, 0.29) is 11.6 Å². The Morgan fingerprint density at radius 1 is 1.39 bits per heavy atom. The van der Waals surface area contributed by atoms with Crippen LogP contribution >= 0.6 is 0 Å². The van der Waals surface area contributed by atoms with Gasteiger partial charge in [0.05, 0.1) is 23.7 Å². The number of rotatable bonds is 4. The van der Waals surface area contributed by atoms with Gasteiger partial charge in [-0.1, -0.05) is 12.1 Å². The number of hydrogen-bond donors (Lipinski definition) is 2. The van der Waals surface area contributed by atoms with Crippen LogP contribution in [0.5, 0.6) is 0 Å². The molecule has 2 N–H and O–H groups in total. The maximum Gasteiger partial charge on any atom is 0.258 e. The van der Waals surface area contributed by atoms with Crippen LogP contribution in [0.4, 0.5) is 0 Å². The number of aromatic nitrogens is 2. The minimum absolute atomic E-state index is 0.0917. The topological polar surface area (TPSA) is 95.2 Å². The molecule has 3 rings (SSSR count). The first-order chi connectivity index (χ1) is 10.9. The fraction of sp³-hybridized carbons (Fsp3) is 0.467. The maximum atomic E-state index is 12.1. The molecule has 0 spiro atoms. The standard InChI is InChI=1S/C15H20N4O3S/c1-23(21,22)18-11-5-4-8-19(9-11)10-14-16-13-7-3-2-6-12(13)15(20)17-14/h2-3,6-7,11,18H,4-5,8-10H2,1H3,(H,16,17,20)/t11-/m1/s1. The summed E-state index contributed by atoms with van der Waals surface area (Å²) in [5.74, 6) is 0.605. The summed E-state index contributed by atoms with van der Waals surface area (Å²) >= 11 is 0. The number of fused-ring (bicyclic) bond motifs is 1. The van der Waals surface area contributed by atoms with E-state index in [1.165, 1.54) is 6.26 Å². The molecule has 0 bridgehead atoms. The van der Waals surface area contributed by atoms with E-state index in [2.05, 4.69) is 19.6 Å². The van der Waals surface area contributed by atoms with Crippen molar-refractivity contribution in [2.24, 2.45) is 0 Å². The SMILES string of the molecule is CS(=O)(=O)N[C@@H]1CCCN(Cc2nc3ccccc3c(=O)[nH]2)C1. The number of nitrogens with one attached hydrogen (secondary N) is 2. The summed E-state index contributed by atoms with van der Waals surface area (Å²) in [6.07, 6.45) is 2.91. The summed E-state index contributed by atoms with van der Waals surface area (Å²) in [6, 6.07) is 7.14. The largest absolute Gasteiger partial charge is 0.309 e. The molecule has 1 aliphatic rings. The van der Waals surface area contributed by atoms with Crippen molar-refractivity contribution >= 4 is 20.9 Å². The molecule has 0 radical (unpaired) electrons. The predicted octanol–water partition coefficient (Wildman–Crippen LogP) is 0.437. The molecule has 124 valence electrons. The predicted molar refractivity (Wildman–Crippen MR) is 88.6 cm³/mol. The van der Waals surface area contributed by atoms with Crippen molar-refractivity contribution in [3.63, 3.8) is 0 Å². The van der Waals surface area contributed by atoms with E-state index in [0.29, 0.717) is 29.8 Å². The molecule has 1 aliphatic heterocycles. The van der Waals surface area contributed by atoms with Crippen LogP contribution in [-0.2, 0) is 16.6 Å². The van der Waals surface area contributed by atoms with Crippen LogP contribution in [-0.4, -0.2) is 48.7 Å². The van der Waals surface area contributed by atoms with Crippen molar-refractivity contribution in [3.8, 4) is 0 Å². The van der Waals surface area contributed by atoms with E-state index in [1.807, 2.05) is 18.2 Å². The third-order valence-electron chi connectivity index (χ3n) is 3.92. The second kappa shape index (κ2) is 6.38. The minimum atomic E-state index is -3.21. The number of likely N-dealkylation sites (tertiary alicyclic amines) is 1. The number of nitrogens with zero attached hydrogens (tertiary/aromatic N) is 2. The molecule has 2 aromatic rings. The lowest BCUT2D eigenvalue weighted by atomic mass is 10.1. The van der Waals surface area contributed by atoms with Crippen molar-refractivity contribution in [1.82, 2.24) is 19.6 Å². The highest BCUT2D eigenvalue weighted by atomic mass is 32.2. The van der Waals surface area contributed by atoms with E-state index < -0.39 is 10.0 Å². The van der Waals surface area contributed by atoms with Gasteiger partial charge in [-0.05, 0) is 31.5 Å². The first kappa shape index (κ1) is 16.1. The van der Waals surface area contributed by atoms with E-state index >= 15 is 0 Å². The molecule has 8 heteroatoms. The zero-order chi connectivity index (χ0) is 16.4. The van der Waals surface area contributed by atoms with Crippen molar-refractivity contribution in [1.29, 1.82) is 0 Å². The number of piperidine rings is 1. The van der Waals surface area contributed by atoms with Gasteiger partial charge in [0, 0.05) is 12.6 Å². The summed E-state index contributed by atoms with van der Waals surface area (Å²) in [6.45, 7) is 1.98. The van der Waals surface area contributed by atoms with Crippen LogP contribution in [0.1, 0.15) is 18.7 Å². The molecule has 2 heterocycles.